The predicted octanol–water partition coefficient (Wildman–Crippen LogP) is 3.86. The van der Waals surface area contributed by atoms with Crippen molar-refractivity contribution < 1.29 is 9.53 Å². The summed E-state index contributed by atoms with van der Waals surface area (Å²) >= 11 is 0. The van der Waals surface area contributed by atoms with Gasteiger partial charge < -0.3 is 25.2 Å². The molecule has 0 radical (unpaired) electrons. The molecule has 1 fully saturated rings. The van der Waals surface area contributed by atoms with E-state index < -0.39 is 0 Å². The maximum Gasteiger partial charge on any atom is 0.248 e. The number of methoxy groups -OCH3 is 1. The Kier molecular flexibility index (Phi) is 7.41. The number of hydrogen-bond acceptors (Lipinski definition) is 8. The van der Waals surface area contributed by atoms with E-state index in [9.17, 15) is 4.79 Å². The summed E-state index contributed by atoms with van der Waals surface area (Å²) in [6, 6.07) is 6.17. The molecule has 0 aliphatic carbocycles. The minimum absolute atomic E-state index is 0.240. The number of carbonyl (C=O) groups is 1. The van der Waals surface area contributed by atoms with Crippen LogP contribution >= 0.6 is 0 Å². The van der Waals surface area contributed by atoms with Crippen LogP contribution in [0.1, 0.15) is 18.5 Å². The SMILES string of the molecule is C=C/C=C/C(=O)Nc1cc(Nc2nccc(-c3cnn4c3CCCC4)n2)c(OC)cc1N1CC(N(C)C)C1. The summed E-state index contributed by atoms with van der Waals surface area (Å²) in [5.74, 6) is 0.825. The third kappa shape index (κ3) is 5.26. The molecule has 0 spiro atoms. The van der Waals surface area contributed by atoms with E-state index >= 15 is 0 Å². The van der Waals surface area contributed by atoms with Crippen LogP contribution in [0.15, 0.2) is 55.4 Å². The number of likely N-dealkylation sites (N-methyl/N-ethyl adjacent to an activating group) is 1. The summed E-state index contributed by atoms with van der Waals surface area (Å²) in [5.41, 5.74) is 5.29. The highest BCUT2D eigenvalue weighted by Crippen LogP contribution is 2.40. The molecule has 0 saturated carbocycles. The Balaban J connectivity index is 1.46. The van der Waals surface area contributed by atoms with Crippen molar-refractivity contribution in [3.63, 3.8) is 0 Å². The summed E-state index contributed by atoms with van der Waals surface area (Å²) in [6.07, 6.45) is 11.6. The van der Waals surface area contributed by atoms with E-state index in [2.05, 4.69) is 55.9 Å². The molecule has 38 heavy (non-hydrogen) atoms. The van der Waals surface area contributed by atoms with Crippen LogP contribution in [0.4, 0.5) is 23.0 Å². The van der Waals surface area contributed by atoms with Gasteiger partial charge in [0.05, 0.1) is 36.1 Å². The van der Waals surface area contributed by atoms with Gasteiger partial charge in [0.15, 0.2) is 0 Å². The van der Waals surface area contributed by atoms with Gasteiger partial charge in [-0.25, -0.2) is 9.97 Å². The van der Waals surface area contributed by atoms with Crippen LogP contribution in [0.3, 0.4) is 0 Å². The minimum Gasteiger partial charge on any atom is -0.494 e. The monoisotopic (exact) mass is 514 g/mol. The first kappa shape index (κ1) is 25.5. The van der Waals surface area contributed by atoms with Crippen molar-refractivity contribution in [3.8, 4) is 17.0 Å². The van der Waals surface area contributed by atoms with Gasteiger partial charge in [-0.1, -0.05) is 18.7 Å². The maximum atomic E-state index is 12.6. The number of allylic oxidation sites excluding steroid dienone is 2. The Bertz CT molecular complexity index is 1360. The Morgan fingerprint density at radius 3 is 2.84 bits per heavy atom. The van der Waals surface area contributed by atoms with Gasteiger partial charge in [-0.05, 0) is 45.5 Å². The van der Waals surface area contributed by atoms with Crippen molar-refractivity contribution in [2.75, 3.05) is 49.8 Å². The number of aryl methyl sites for hydroxylation is 1. The number of rotatable bonds is 9. The van der Waals surface area contributed by atoms with Crippen molar-refractivity contribution >= 4 is 28.9 Å². The quantitative estimate of drug-likeness (QED) is 0.328. The second-order valence-electron chi connectivity index (χ2n) is 9.75. The third-order valence-corrected chi connectivity index (χ3v) is 7.05. The van der Waals surface area contributed by atoms with E-state index in [1.54, 1.807) is 25.5 Å². The Morgan fingerprint density at radius 1 is 1.24 bits per heavy atom. The van der Waals surface area contributed by atoms with Gasteiger partial charge in [-0.3, -0.25) is 9.48 Å². The summed E-state index contributed by atoms with van der Waals surface area (Å²) in [6.45, 7) is 6.30. The molecule has 3 aromatic rings. The lowest BCUT2D eigenvalue weighted by Gasteiger charge is -2.45. The second kappa shape index (κ2) is 11.1. The smallest absolute Gasteiger partial charge is 0.248 e. The first-order valence-electron chi connectivity index (χ1n) is 12.9. The molecule has 2 aliphatic rings. The third-order valence-electron chi connectivity index (χ3n) is 7.05. The molecular weight excluding hydrogens is 480 g/mol. The Labute approximate surface area is 223 Å². The molecule has 1 saturated heterocycles. The topological polar surface area (TPSA) is 100 Å². The molecule has 2 aliphatic heterocycles. The van der Waals surface area contributed by atoms with Crippen LogP contribution in [-0.4, -0.2) is 70.9 Å². The number of ether oxygens (including phenoxy) is 1. The van der Waals surface area contributed by atoms with Crippen molar-refractivity contribution in [2.45, 2.75) is 31.8 Å². The Hall–Kier alpha value is -4.18. The highest BCUT2D eigenvalue weighted by molar-refractivity contribution is 6.02. The summed E-state index contributed by atoms with van der Waals surface area (Å²) in [4.78, 5) is 26.2. The molecule has 0 atom stereocenters. The fourth-order valence-electron chi connectivity index (χ4n) is 4.83. The summed E-state index contributed by atoms with van der Waals surface area (Å²) in [7, 11) is 5.78. The largest absolute Gasteiger partial charge is 0.494 e. The van der Waals surface area contributed by atoms with Gasteiger partial charge in [-0.2, -0.15) is 5.10 Å². The van der Waals surface area contributed by atoms with E-state index in [-0.39, 0.29) is 5.91 Å². The lowest BCUT2D eigenvalue weighted by Crippen LogP contribution is -2.57. The molecule has 10 heteroatoms. The number of hydrogen-bond donors (Lipinski definition) is 2. The average Bonchev–Trinajstić information content (AvgIpc) is 3.32. The number of carbonyl (C=O) groups excluding carboxylic acids is 1. The number of amides is 1. The second-order valence-corrected chi connectivity index (χ2v) is 9.75. The minimum atomic E-state index is -0.240. The van der Waals surface area contributed by atoms with E-state index in [1.807, 2.05) is 24.4 Å². The normalized spacial score (nSPS) is 15.3. The molecule has 5 rings (SSSR count). The van der Waals surface area contributed by atoms with Crippen molar-refractivity contribution in [3.05, 3.63) is 61.1 Å². The van der Waals surface area contributed by atoms with Gasteiger partial charge >= 0.3 is 0 Å². The van der Waals surface area contributed by atoms with E-state index in [0.29, 0.717) is 29.1 Å². The molecule has 4 heterocycles. The van der Waals surface area contributed by atoms with Crippen LogP contribution in [0.5, 0.6) is 5.75 Å². The van der Waals surface area contributed by atoms with Crippen LogP contribution in [0, 0.1) is 0 Å². The van der Waals surface area contributed by atoms with Gasteiger partial charge in [-0.15, -0.1) is 0 Å². The molecule has 2 N–H and O–H groups in total. The van der Waals surface area contributed by atoms with Gasteiger partial charge in [0, 0.05) is 55.3 Å². The number of fused-ring (bicyclic) bond motifs is 1. The average molecular weight is 515 g/mol. The molecule has 0 bridgehead atoms. The van der Waals surface area contributed by atoms with Crippen LogP contribution in [0.25, 0.3) is 11.3 Å². The molecule has 10 nitrogen and oxygen atoms in total. The number of aromatic nitrogens is 4. The van der Waals surface area contributed by atoms with Gasteiger partial charge in [0.25, 0.3) is 0 Å². The zero-order valence-electron chi connectivity index (χ0n) is 22.1. The van der Waals surface area contributed by atoms with Crippen molar-refractivity contribution in [1.29, 1.82) is 0 Å². The van der Waals surface area contributed by atoms with Crippen molar-refractivity contribution in [1.82, 2.24) is 24.6 Å². The summed E-state index contributed by atoms with van der Waals surface area (Å²) in [5, 5.41) is 10.9. The van der Waals surface area contributed by atoms with E-state index in [0.717, 1.165) is 55.8 Å². The summed E-state index contributed by atoms with van der Waals surface area (Å²) < 4.78 is 7.82. The standard InChI is InChI=1S/C28H34N8O2/c1-5-6-10-27(37)31-22-14-23(26(38-4)15-25(22)35-17-19(18-35)34(2)3)33-28-29-12-11-21(32-28)20-16-30-36-13-8-7-9-24(20)36/h5-6,10-12,14-16,19H,1,7-9,13,17-18H2,2-4H3,(H,31,37)(H,29,32,33)/b10-6+. The molecule has 2 aromatic heterocycles. The number of benzene rings is 1. The van der Waals surface area contributed by atoms with E-state index in [4.69, 9.17) is 9.72 Å². The zero-order valence-corrected chi connectivity index (χ0v) is 22.1. The van der Waals surface area contributed by atoms with Crippen LogP contribution in [-0.2, 0) is 17.8 Å². The highest BCUT2D eigenvalue weighted by atomic mass is 16.5. The molecule has 1 aromatic carbocycles. The highest BCUT2D eigenvalue weighted by Gasteiger charge is 2.31. The zero-order chi connectivity index (χ0) is 26.6. The Morgan fingerprint density at radius 2 is 2.08 bits per heavy atom. The number of nitrogens with one attached hydrogen (secondary N) is 2. The molecule has 1 amide bonds. The van der Waals surface area contributed by atoms with Crippen LogP contribution < -0.4 is 20.3 Å². The fraction of sp³-hybridized carbons (Fsp3) is 0.357. The van der Waals surface area contributed by atoms with E-state index in [1.165, 1.54) is 11.8 Å². The first-order chi connectivity index (χ1) is 18.5. The molecule has 198 valence electrons. The van der Waals surface area contributed by atoms with Crippen LogP contribution in [0.2, 0.25) is 0 Å². The van der Waals surface area contributed by atoms with Gasteiger partial charge in [0.1, 0.15) is 5.75 Å². The number of anilines is 4. The van der Waals surface area contributed by atoms with Crippen molar-refractivity contribution in [2.24, 2.45) is 0 Å². The first-order valence-corrected chi connectivity index (χ1v) is 12.9. The fourth-order valence-corrected chi connectivity index (χ4v) is 4.83. The lowest BCUT2D eigenvalue weighted by molar-refractivity contribution is -0.111. The maximum absolute atomic E-state index is 12.6. The van der Waals surface area contributed by atoms with Gasteiger partial charge in [0.2, 0.25) is 11.9 Å². The number of nitrogens with zero attached hydrogens (tertiary/aromatic N) is 6. The predicted molar refractivity (Wildman–Crippen MR) is 150 cm³/mol. The molecule has 0 unspecified atom stereocenters. The lowest BCUT2D eigenvalue weighted by atomic mass is 10.0. The molecular formula is C28H34N8O2.